The van der Waals surface area contributed by atoms with Crippen LogP contribution in [0.5, 0.6) is 0 Å². The van der Waals surface area contributed by atoms with Crippen molar-refractivity contribution in [1.82, 2.24) is 0 Å². The van der Waals surface area contributed by atoms with Crippen LogP contribution in [-0.4, -0.2) is 5.88 Å². The molecule has 0 aromatic heterocycles. The maximum Gasteiger partial charge on any atom is 0.123 e. The molecule has 0 heterocycles. The van der Waals surface area contributed by atoms with Gasteiger partial charge in [-0.1, -0.05) is 12.1 Å². The topological polar surface area (TPSA) is 26.0 Å². The smallest absolute Gasteiger partial charge is 0.123 e. The SMILES string of the molecule is NC(CCCl)c1cccc(F)c1. The van der Waals surface area contributed by atoms with Gasteiger partial charge in [0, 0.05) is 11.9 Å². The van der Waals surface area contributed by atoms with Crippen LogP contribution in [0.15, 0.2) is 24.3 Å². The van der Waals surface area contributed by atoms with Gasteiger partial charge in [-0.25, -0.2) is 4.39 Å². The second kappa shape index (κ2) is 4.43. The van der Waals surface area contributed by atoms with E-state index in [2.05, 4.69) is 0 Å². The fraction of sp³-hybridized carbons (Fsp3) is 0.333. The zero-order valence-corrected chi connectivity index (χ0v) is 7.39. The van der Waals surface area contributed by atoms with Crippen molar-refractivity contribution >= 4 is 11.6 Å². The summed E-state index contributed by atoms with van der Waals surface area (Å²) in [6.07, 6.45) is 0.672. The highest BCUT2D eigenvalue weighted by Crippen LogP contribution is 2.15. The maximum absolute atomic E-state index is 12.7. The molecular weight excluding hydrogens is 177 g/mol. The molecule has 0 saturated heterocycles. The zero-order valence-electron chi connectivity index (χ0n) is 6.63. The normalized spacial score (nSPS) is 12.9. The van der Waals surface area contributed by atoms with Gasteiger partial charge in [0.1, 0.15) is 5.82 Å². The lowest BCUT2D eigenvalue weighted by Gasteiger charge is -2.09. The van der Waals surface area contributed by atoms with E-state index in [1.54, 1.807) is 12.1 Å². The first-order chi connectivity index (χ1) is 5.74. The van der Waals surface area contributed by atoms with Crippen LogP contribution in [0.25, 0.3) is 0 Å². The number of nitrogens with two attached hydrogens (primary N) is 1. The second-order valence-electron chi connectivity index (χ2n) is 2.64. The summed E-state index contributed by atoms with van der Waals surface area (Å²) < 4.78 is 12.7. The Morgan fingerprint density at radius 2 is 2.25 bits per heavy atom. The van der Waals surface area contributed by atoms with E-state index in [-0.39, 0.29) is 11.9 Å². The van der Waals surface area contributed by atoms with Crippen molar-refractivity contribution in [2.24, 2.45) is 5.73 Å². The highest BCUT2D eigenvalue weighted by molar-refractivity contribution is 6.17. The molecule has 1 unspecified atom stereocenters. The van der Waals surface area contributed by atoms with Crippen molar-refractivity contribution in [3.8, 4) is 0 Å². The molecular formula is C9H11ClFN. The first-order valence-corrected chi connectivity index (χ1v) is 4.34. The summed E-state index contributed by atoms with van der Waals surface area (Å²) in [7, 11) is 0. The van der Waals surface area contributed by atoms with E-state index < -0.39 is 0 Å². The van der Waals surface area contributed by atoms with Crippen LogP contribution in [0, 0.1) is 5.82 Å². The summed E-state index contributed by atoms with van der Waals surface area (Å²) in [5.74, 6) is 0.245. The van der Waals surface area contributed by atoms with Crippen molar-refractivity contribution < 1.29 is 4.39 Å². The lowest BCUT2D eigenvalue weighted by molar-refractivity contribution is 0.617. The molecule has 3 heteroatoms. The Morgan fingerprint density at radius 1 is 1.50 bits per heavy atom. The minimum atomic E-state index is -0.252. The van der Waals surface area contributed by atoms with E-state index in [0.29, 0.717) is 12.3 Å². The van der Waals surface area contributed by atoms with Gasteiger partial charge >= 0.3 is 0 Å². The van der Waals surface area contributed by atoms with Gasteiger partial charge in [0.2, 0.25) is 0 Å². The first kappa shape index (κ1) is 9.49. The van der Waals surface area contributed by atoms with Gasteiger partial charge in [0.05, 0.1) is 0 Å². The summed E-state index contributed by atoms with van der Waals surface area (Å²) in [4.78, 5) is 0. The van der Waals surface area contributed by atoms with E-state index in [9.17, 15) is 4.39 Å². The standard InChI is InChI=1S/C9H11ClFN/c10-5-4-9(12)7-2-1-3-8(11)6-7/h1-3,6,9H,4-5,12H2. The number of alkyl halides is 1. The third-order valence-corrected chi connectivity index (χ3v) is 1.92. The lowest BCUT2D eigenvalue weighted by atomic mass is 10.1. The average Bonchev–Trinajstić information content (AvgIpc) is 2.05. The van der Waals surface area contributed by atoms with Crippen LogP contribution in [-0.2, 0) is 0 Å². The van der Waals surface area contributed by atoms with E-state index in [1.807, 2.05) is 0 Å². The maximum atomic E-state index is 12.7. The van der Waals surface area contributed by atoms with E-state index >= 15 is 0 Å². The van der Waals surface area contributed by atoms with Gasteiger partial charge in [-0.3, -0.25) is 0 Å². The monoisotopic (exact) mass is 187 g/mol. The zero-order chi connectivity index (χ0) is 8.97. The molecule has 2 N–H and O–H groups in total. The minimum Gasteiger partial charge on any atom is -0.324 e. The predicted molar refractivity (Wildman–Crippen MR) is 48.7 cm³/mol. The number of benzene rings is 1. The van der Waals surface area contributed by atoms with E-state index in [1.165, 1.54) is 12.1 Å². The number of hydrogen-bond donors (Lipinski definition) is 1. The van der Waals surface area contributed by atoms with Crippen LogP contribution in [0.4, 0.5) is 4.39 Å². The summed E-state index contributed by atoms with van der Waals surface area (Å²) >= 11 is 5.51. The van der Waals surface area contributed by atoms with Gasteiger partial charge in [0.25, 0.3) is 0 Å². The van der Waals surface area contributed by atoms with Crippen molar-refractivity contribution in [1.29, 1.82) is 0 Å². The van der Waals surface area contributed by atoms with Gasteiger partial charge in [-0.05, 0) is 24.1 Å². The van der Waals surface area contributed by atoms with Gasteiger partial charge in [0.15, 0.2) is 0 Å². The third kappa shape index (κ3) is 2.47. The Kier molecular flexibility index (Phi) is 3.50. The Bertz CT molecular complexity index is 252. The fourth-order valence-electron chi connectivity index (χ4n) is 1.02. The molecule has 0 amide bonds. The molecule has 0 aliphatic carbocycles. The molecule has 0 aliphatic heterocycles. The summed E-state index contributed by atoms with van der Waals surface area (Å²) in [5.41, 5.74) is 6.52. The van der Waals surface area contributed by atoms with Gasteiger partial charge in [-0.15, -0.1) is 11.6 Å². The van der Waals surface area contributed by atoms with Gasteiger partial charge in [-0.2, -0.15) is 0 Å². The molecule has 0 radical (unpaired) electrons. The Balaban J connectivity index is 2.73. The molecule has 1 aromatic rings. The third-order valence-electron chi connectivity index (χ3n) is 1.70. The van der Waals surface area contributed by atoms with Crippen LogP contribution >= 0.6 is 11.6 Å². The van der Waals surface area contributed by atoms with Crippen molar-refractivity contribution in [3.63, 3.8) is 0 Å². The lowest BCUT2D eigenvalue weighted by Crippen LogP contribution is -2.10. The molecule has 0 saturated carbocycles. The summed E-state index contributed by atoms with van der Waals surface area (Å²) in [6.45, 7) is 0. The Labute approximate surface area is 76.3 Å². The van der Waals surface area contributed by atoms with Crippen molar-refractivity contribution in [2.75, 3.05) is 5.88 Å². The molecule has 12 heavy (non-hydrogen) atoms. The van der Waals surface area contributed by atoms with Gasteiger partial charge < -0.3 is 5.73 Å². The van der Waals surface area contributed by atoms with Crippen molar-refractivity contribution in [2.45, 2.75) is 12.5 Å². The van der Waals surface area contributed by atoms with E-state index in [0.717, 1.165) is 5.56 Å². The average molecular weight is 188 g/mol. The van der Waals surface area contributed by atoms with E-state index in [4.69, 9.17) is 17.3 Å². The highest BCUT2D eigenvalue weighted by Gasteiger charge is 2.04. The molecule has 0 spiro atoms. The minimum absolute atomic E-state index is 0.154. The number of hydrogen-bond acceptors (Lipinski definition) is 1. The molecule has 1 rings (SSSR count). The molecule has 66 valence electrons. The van der Waals surface area contributed by atoms with Crippen LogP contribution in [0.3, 0.4) is 0 Å². The molecule has 0 fully saturated rings. The van der Waals surface area contributed by atoms with Crippen LogP contribution in [0.2, 0.25) is 0 Å². The van der Waals surface area contributed by atoms with Crippen LogP contribution in [0.1, 0.15) is 18.0 Å². The van der Waals surface area contributed by atoms with Crippen LogP contribution < -0.4 is 5.73 Å². The molecule has 0 aliphatic rings. The summed E-state index contributed by atoms with van der Waals surface area (Å²) in [5, 5.41) is 0. The Hall–Kier alpha value is -0.600. The molecule has 1 nitrogen and oxygen atoms in total. The predicted octanol–water partition coefficient (Wildman–Crippen LogP) is 2.45. The highest BCUT2D eigenvalue weighted by atomic mass is 35.5. The van der Waals surface area contributed by atoms with Crippen molar-refractivity contribution in [3.05, 3.63) is 35.6 Å². The second-order valence-corrected chi connectivity index (χ2v) is 3.02. The summed E-state index contributed by atoms with van der Waals surface area (Å²) in [6, 6.07) is 6.14. The quantitative estimate of drug-likeness (QED) is 0.723. The largest absolute Gasteiger partial charge is 0.324 e. The number of halogens is 2. The molecule has 1 aromatic carbocycles. The molecule has 1 atom stereocenters. The molecule has 0 bridgehead atoms. The Morgan fingerprint density at radius 3 is 2.83 bits per heavy atom. The number of rotatable bonds is 3. The fourth-order valence-corrected chi connectivity index (χ4v) is 1.26. The first-order valence-electron chi connectivity index (χ1n) is 3.81.